The molecule has 2 heterocycles. The minimum Gasteiger partial charge on any atom is -0.296 e. The van der Waals surface area contributed by atoms with Crippen LogP contribution in [-0.4, -0.2) is 40.8 Å². The Labute approximate surface area is 169 Å². The maximum Gasteiger partial charge on any atom is 0.277 e. The van der Waals surface area contributed by atoms with E-state index in [0.717, 1.165) is 6.26 Å². The number of anilines is 1. The third-order valence-corrected chi connectivity index (χ3v) is 6.49. The van der Waals surface area contributed by atoms with Crippen LogP contribution < -0.4 is 5.32 Å². The van der Waals surface area contributed by atoms with E-state index in [9.17, 15) is 13.2 Å². The Morgan fingerprint density at radius 3 is 2.70 bits per heavy atom. The summed E-state index contributed by atoms with van der Waals surface area (Å²) in [5.41, 5.74) is 0.651. The molecule has 0 spiro atoms. The number of sulfone groups is 1. The molecule has 0 bridgehead atoms. The molecule has 0 fully saturated rings. The maximum absolute atomic E-state index is 12.6. The minimum absolute atomic E-state index is 0.0610. The molecule has 0 unspecified atom stereocenters. The number of benzene rings is 1. The van der Waals surface area contributed by atoms with Gasteiger partial charge in [0.2, 0.25) is 0 Å². The lowest BCUT2D eigenvalue weighted by atomic mass is 10.3. The number of hydrogen-bond acceptors (Lipinski definition) is 8. The number of fused-ring (bicyclic) bond motifs is 1. The van der Waals surface area contributed by atoms with Gasteiger partial charge in [0.15, 0.2) is 25.8 Å². The highest BCUT2D eigenvalue weighted by molar-refractivity contribution is 7.99. The molecule has 0 aliphatic heterocycles. The van der Waals surface area contributed by atoms with Crippen molar-refractivity contribution in [2.75, 3.05) is 11.6 Å². The van der Waals surface area contributed by atoms with E-state index in [1.54, 1.807) is 6.07 Å². The molecule has 1 N–H and O–H groups in total. The number of carbonyl (C=O) groups is 1. The van der Waals surface area contributed by atoms with E-state index in [1.807, 2.05) is 13.8 Å². The van der Waals surface area contributed by atoms with Crippen molar-refractivity contribution in [2.24, 2.45) is 0 Å². The second-order valence-electron chi connectivity index (χ2n) is 5.89. The number of rotatable bonds is 5. The molecule has 1 amide bonds. The molecule has 3 aromatic rings. The molecule has 3 rings (SSSR count). The van der Waals surface area contributed by atoms with Gasteiger partial charge in [-0.1, -0.05) is 48.5 Å². The maximum atomic E-state index is 12.6. The van der Waals surface area contributed by atoms with Crippen LogP contribution in [0.2, 0.25) is 5.02 Å². The van der Waals surface area contributed by atoms with Gasteiger partial charge in [0, 0.05) is 11.5 Å². The van der Waals surface area contributed by atoms with Gasteiger partial charge < -0.3 is 0 Å². The molecular formula is C16H15ClN4O3S3. The van der Waals surface area contributed by atoms with Crippen LogP contribution >= 0.6 is 34.7 Å². The number of nitrogens with zero attached hydrogens (tertiary/aromatic N) is 3. The SMILES string of the molecule is CC(C)Sc1ncc(Cl)c(C(=O)Nc2nc3ccc(S(C)(=O)=O)cc3s2)n1. The van der Waals surface area contributed by atoms with Crippen molar-refractivity contribution in [1.29, 1.82) is 0 Å². The lowest BCUT2D eigenvalue weighted by molar-refractivity contribution is 0.102. The zero-order chi connectivity index (χ0) is 19.8. The molecule has 142 valence electrons. The van der Waals surface area contributed by atoms with Crippen LogP contribution in [0.3, 0.4) is 0 Å². The first kappa shape index (κ1) is 20.0. The first-order valence-electron chi connectivity index (χ1n) is 7.74. The lowest BCUT2D eigenvalue weighted by Gasteiger charge is -2.06. The van der Waals surface area contributed by atoms with Crippen molar-refractivity contribution in [3.8, 4) is 0 Å². The molecule has 11 heteroatoms. The summed E-state index contributed by atoms with van der Waals surface area (Å²) in [6.07, 6.45) is 2.53. The number of carbonyl (C=O) groups excluding carboxylic acids is 1. The molecule has 0 atom stereocenters. The van der Waals surface area contributed by atoms with Crippen LogP contribution in [0.15, 0.2) is 34.4 Å². The zero-order valence-electron chi connectivity index (χ0n) is 14.6. The summed E-state index contributed by atoms with van der Waals surface area (Å²) in [5.74, 6) is -0.504. The van der Waals surface area contributed by atoms with Crippen molar-refractivity contribution in [2.45, 2.75) is 29.1 Å². The number of thiazole rings is 1. The van der Waals surface area contributed by atoms with Crippen molar-refractivity contribution < 1.29 is 13.2 Å². The smallest absolute Gasteiger partial charge is 0.277 e. The van der Waals surface area contributed by atoms with Gasteiger partial charge in [-0.3, -0.25) is 10.1 Å². The summed E-state index contributed by atoms with van der Waals surface area (Å²) in [6, 6.07) is 4.62. The predicted molar refractivity (Wildman–Crippen MR) is 109 cm³/mol. The lowest BCUT2D eigenvalue weighted by Crippen LogP contribution is -2.15. The van der Waals surface area contributed by atoms with Crippen LogP contribution in [0.4, 0.5) is 5.13 Å². The number of thioether (sulfide) groups is 1. The monoisotopic (exact) mass is 442 g/mol. The third kappa shape index (κ3) is 4.75. The second-order valence-corrected chi connectivity index (χ2v) is 10.9. The molecule has 1 aromatic carbocycles. The van der Waals surface area contributed by atoms with Crippen molar-refractivity contribution in [3.63, 3.8) is 0 Å². The van der Waals surface area contributed by atoms with E-state index >= 15 is 0 Å². The molecule has 2 aromatic heterocycles. The average Bonchev–Trinajstić information content (AvgIpc) is 2.96. The normalized spacial score (nSPS) is 11.9. The van der Waals surface area contributed by atoms with Gasteiger partial charge in [0.25, 0.3) is 5.91 Å². The van der Waals surface area contributed by atoms with Crippen molar-refractivity contribution in [1.82, 2.24) is 15.0 Å². The molecule has 7 nitrogen and oxygen atoms in total. The van der Waals surface area contributed by atoms with Crippen LogP contribution in [-0.2, 0) is 9.84 Å². The molecular weight excluding hydrogens is 428 g/mol. The van der Waals surface area contributed by atoms with E-state index < -0.39 is 15.7 Å². The minimum atomic E-state index is -3.32. The van der Waals surface area contributed by atoms with Crippen LogP contribution in [0, 0.1) is 0 Å². The Kier molecular flexibility index (Phi) is 5.71. The predicted octanol–water partition coefficient (Wildman–Crippen LogP) is 3.90. The fourth-order valence-corrected chi connectivity index (χ4v) is 4.60. The van der Waals surface area contributed by atoms with Crippen LogP contribution in [0.5, 0.6) is 0 Å². The van der Waals surface area contributed by atoms with Gasteiger partial charge in [-0.05, 0) is 18.2 Å². The van der Waals surface area contributed by atoms with Crippen LogP contribution in [0.1, 0.15) is 24.3 Å². The molecule has 0 radical (unpaired) electrons. The summed E-state index contributed by atoms with van der Waals surface area (Å²) < 4.78 is 24.0. The van der Waals surface area contributed by atoms with Crippen LogP contribution in [0.25, 0.3) is 10.2 Å². The van der Waals surface area contributed by atoms with Gasteiger partial charge >= 0.3 is 0 Å². The van der Waals surface area contributed by atoms with E-state index in [1.165, 1.54) is 41.4 Å². The summed E-state index contributed by atoms with van der Waals surface area (Å²) in [6.45, 7) is 3.99. The highest BCUT2D eigenvalue weighted by Gasteiger charge is 2.18. The first-order chi connectivity index (χ1) is 12.6. The molecule has 0 aliphatic rings. The molecule has 0 aliphatic carbocycles. The van der Waals surface area contributed by atoms with Crippen molar-refractivity contribution in [3.05, 3.63) is 35.1 Å². The summed E-state index contributed by atoms with van der Waals surface area (Å²) in [5, 5.41) is 3.85. The number of nitrogens with one attached hydrogen (secondary N) is 1. The van der Waals surface area contributed by atoms with E-state index in [4.69, 9.17) is 11.6 Å². The fraction of sp³-hybridized carbons (Fsp3) is 0.250. The van der Waals surface area contributed by atoms with E-state index in [2.05, 4.69) is 20.3 Å². The van der Waals surface area contributed by atoms with Gasteiger partial charge in [0.1, 0.15) is 0 Å². The molecule has 0 saturated carbocycles. The summed E-state index contributed by atoms with van der Waals surface area (Å²) in [7, 11) is -3.32. The quantitative estimate of drug-likeness (QED) is 0.472. The highest BCUT2D eigenvalue weighted by Crippen LogP contribution is 2.29. The standard InChI is InChI=1S/C16H15ClN4O3S3/c1-8(2)25-15-18-7-10(17)13(20-15)14(22)21-16-19-11-5-4-9(27(3,23)24)6-12(11)26-16/h4-8H,1-3H3,(H,19,21,22). The fourth-order valence-electron chi connectivity index (χ4n) is 2.12. The van der Waals surface area contributed by atoms with Gasteiger partial charge in [-0.25, -0.2) is 23.4 Å². The van der Waals surface area contributed by atoms with Gasteiger partial charge in [0.05, 0.1) is 26.3 Å². The van der Waals surface area contributed by atoms with Gasteiger partial charge in [-0.2, -0.15) is 0 Å². The molecule has 0 saturated heterocycles. The Hall–Kier alpha value is -1.75. The van der Waals surface area contributed by atoms with E-state index in [-0.39, 0.29) is 20.9 Å². The molecule has 27 heavy (non-hydrogen) atoms. The average molecular weight is 443 g/mol. The Balaban J connectivity index is 1.88. The zero-order valence-corrected chi connectivity index (χ0v) is 17.8. The number of halogens is 1. The van der Waals surface area contributed by atoms with E-state index in [0.29, 0.717) is 20.5 Å². The topological polar surface area (TPSA) is 102 Å². The Bertz CT molecular complexity index is 1130. The van der Waals surface area contributed by atoms with Gasteiger partial charge in [-0.15, -0.1) is 0 Å². The summed E-state index contributed by atoms with van der Waals surface area (Å²) >= 11 is 8.66. The second kappa shape index (κ2) is 7.70. The van der Waals surface area contributed by atoms with Crippen molar-refractivity contribution >= 4 is 65.8 Å². The Morgan fingerprint density at radius 1 is 1.30 bits per heavy atom. The number of hydrogen-bond donors (Lipinski definition) is 1. The highest BCUT2D eigenvalue weighted by atomic mass is 35.5. The third-order valence-electron chi connectivity index (χ3n) is 3.29. The Morgan fingerprint density at radius 2 is 2.04 bits per heavy atom. The summed E-state index contributed by atoms with van der Waals surface area (Å²) in [4.78, 5) is 25.4. The largest absolute Gasteiger partial charge is 0.296 e. The number of amides is 1. The number of aromatic nitrogens is 3. The first-order valence-corrected chi connectivity index (χ1v) is 11.7.